The number of rotatable bonds is 5. The molecule has 0 amide bonds. The van der Waals surface area contributed by atoms with E-state index in [1.54, 1.807) is 6.07 Å². The normalized spacial score (nSPS) is 13.1. The summed E-state index contributed by atoms with van der Waals surface area (Å²) in [7, 11) is 0. The summed E-state index contributed by atoms with van der Waals surface area (Å²) in [6, 6.07) is 5.59. The standard InChI is InChI=1S/C13H19BrFN/c1-9(2)7-10(3)16-8-11-5-4-6-12(15)13(11)14/h4-6,9-10,16H,7-8H2,1-3H3. The average Bonchev–Trinajstić information content (AvgIpc) is 2.19. The minimum absolute atomic E-state index is 0.198. The van der Waals surface area contributed by atoms with E-state index >= 15 is 0 Å². The second-order valence-corrected chi connectivity index (χ2v) is 5.42. The Morgan fingerprint density at radius 2 is 2.00 bits per heavy atom. The lowest BCUT2D eigenvalue weighted by molar-refractivity contribution is 0.440. The van der Waals surface area contributed by atoms with E-state index in [0.717, 1.165) is 12.0 Å². The Morgan fingerprint density at radius 1 is 1.31 bits per heavy atom. The lowest BCUT2D eigenvalue weighted by Crippen LogP contribution is -2.27. The summed E-state index contributed by atoms with van der Waals surface area (Å²) in [6.07, 6.45) is 1.13. The van der Waals surface area contributed by atoms with Crippen molar-refractivity contribution < 1.29 is 4.39 Å². The molecular formula is C13H19BrFN. The molecule has 0 radical (unpaired) electrons. The highest BCUT2D eigenvalue weighted by atomic mass is 79.9. The molecule has 0 saturated heterocycles. The average molecular weight is 288 g/mol. The smallest absolute Gasteiger partial charge is 0.137 e. The zero-order chi connectivity index (χ0) is 12.1. The molecule has 0 bridgehead atoms. The molecule has 0 aromatic heterocycles. The van der Waals surface area contributed by atoms with Crippen molar-refractivity contribution in [1.29, 1.82) is 0 Å². The minimum atomic E-state index is -0.198. The number of benzene rings is 1. The first-order valence-electron chi connectivity index (χ1n) is 5.67. The maximum Gasteiger partial charge on any atom is 0.137 e. The Hall–Kier alpha value is -0.410. The van der Waals surface area contributed by atoms with E-state index in [0.29, 0.717) is 23.0 Å². The van der Waals surface area contributed by atoms with Crippen molar-refractivity contribution in [2.75, 3.05) is 0 Å². The minimum Gasteiger partial charge on any atom is -0.310 e. The van der Waals surface area contributed by atoms with Crippen LogP contribution in [0.5, 0.6) is 0 Å². The van der Waals surface area contributed by atoms with Crippen molar-refractivity contribution in [2.45, 2.75) is 39.8 Å². The van der Waals surface area contributed by atoms with Crippen LogP contribution in [0.25, 0.3) is 0 Å². The highest BCUT2D eigenvalue weighted by Crippen LogP contribution is 2.20. The van der Waals surface area contributed by atoms with Crippen molar-refractivity contribution in [3.05, 3.63) is 34.1 Å². The van der Waals surface area contributed by atoms with Crippen LogP contribution in [0.1, 0.15) is 32.8 Å². The fourth-order valence-corrected chi connectivity index (χ4v) is 2.16. The van der Waals surface area contributed by atoms with Crippen LogP contribution in [0.2, 0.25) is 0 Å². The Kier molecular flexibility index (Phi) is 5.42. The molecule has 0 spiro atoms. The van der Waals surface area contributed by atoms with Gasteiger partial charge >= 0.3 is 0 Å². The summed E-state index contributed by atoms with van der Waals surface area (Å²) >= 11 is 3.27. The quantitative estimate of drug-likeness (QED) is 0.859. The van der Waals surface area contributed by atoms with Crippen LogP contribution in [-0.2, 0) is 6.54 Å². The zero-order valence-corrected chi connectivity index (χ0v) is 11.6. The number of hydrogen-bond donors (Lipinski definition) is 1. The predicted molar refractivity (Wildman–Crippen MR) is 69.9 cm³/mol. The molecule has 0 aliphatic carbocycles. The largest absolute Gasteiger partial charge is 0.310 e. The summed E-state index contributed by atoms with van der Waals surface area (Å²) in [4.78, 5) is 0. The van der Waals surface area contributed by atoms with Gasteiger partial charge in [-0.25, -0.2) is 4.39 Å². The molecule has 1 N–H and O–H groups in total. The van der Waals surface area contributed by atoms with Crippen molar-refractivity contribution in [2.24, 2.45) is 5.92 Å². The van der Waals surface area contributed by atoms with Gasteiger partial charge in [-0.3, -0.25) is 0 Å². The van der Waals surface area contributed by atoms with E-state index in [2.05, 4.69) is 42.0 Å². The molecule has 0 fully saturated rings. The zero-order valence-electron chi connectivity index (χ0n) is 10.1. The van der Waals surface area contributed by atoms with Gasteiger partial charge in [0.15, 0.2) is 0 Å². The van der Waals surface area contributed by atoms with E-state index in [4.69, 9.17) is 0 Å². The Balaban J connectivity index is 2.51. The number of halogens is 2. The molecule has 1 aromatic carbocycles. The van der Waals surface area contributed by atoms with Crippen LogP contribution in [-0.4, -0.2) is 6.04 Å². The highest BCUT2D eigenvalue weighted by molar-refractivity contribution is 9.10. The summed E-state index contributed by atoms with van der Waals surface area (Å²) < 4.78 is 13.8. The van der Waals surface area contributed by atoms with Crippen molar-refractivity contribution in [3.8, 4) is 0 Å². The maximum atomic E-state index is 13.2. The Morgan fingerprint density at radius 3 is 2.62 bits per heavy atom. The molecule has 0 aliphatic rings. The summed E-state index contributed by atoms with van der Waals surface area (Å²) in [5.74, 6) is 0.481. The lowest BCUT2D eigenvalue weighted by Gasteiger charge is -2.16. The second kappa shape index (κ2) is 6.36. The number of hydrogen-bond acceptors (Lipinski definition) is 1. The van der Waals surface area contributed by atoms with E-state index in [1.165, 1.54) is 6.07 Å². The third-order valence-corrected chi connectivity index (χ3v) is 3.39. The van der Waals surface area contributed by atoms with Gasteiger partial charge in [0.25, 0.3) is 0 Å². The van der Waals surface area contributed by atoms with Gasteiger partial charge in [0.2, 0.25) is 0 Å². The van der Waals surface area contributed by atoms with Gasteiger partial charge in [-0.1, -0.05) is 26.0 Å². The fraction of sp³-hybridized carbons (Fsp3) is 0.538. The topological polar surface area (TPSA) is 12.0 Å². The Bertz CT molecular complexity index is 339. The molecule has 1 atom stereocenters. The fourth-order valence-electron chi connectivity index (χ4n) is 1.76. The van der Waals surface area contributed by atoms with Crippen LogP contribution < -0.4 is 5.32 Å². The lowest BCUT2D eigenvalue weighted by atomic mass is 10.1. The second-order valence-electron chi connectivity index (χ2n) is 4.62. The first-order valence-corrected chi connectivity index (χ1v) is 6.46. The number of nitrogens with one attached hydrogen (secondary N) is 1. The molecule has 1 nitrogen and oxygen atoms in total. The predicted octanol–water partition coefficient (Wildman–Crippen LogP) is 4.11. The van der Waals surface area contributed by atoms with Crippen molar-refractivity contribution in [3.63, 3.8) is 0 Å². The van der Waals surface area contributed by atoms with Gasteiger partial charge < -0.3 is 5.32 Å². The Labute approximate surface area is 106 Å². The maximum absolute atomic E-state index is 13.2. The van der Waals surface area contributed by atoms with Crippen LogP contribution in [0.3, 0.4) is 0 Å². The molecule has 0 saturated carbocycles. The first-order chi connectivity index (χ1) is 7.50. The van der Waals surface area contributed by atoms with Gasteiger partial charge in [-0.05, 0) is 46.8 Å². The van der Waals surface area contributed by atoms with Crippen molar-refractivity contribution >= 4 is 15.9 Å². The van der Waals surface area contributed by atoms with E-state index in [9.17, 15) is 4.39 Å². The third kappa shape index (κ3) is 4.22. The van der Waals surface area contributed by atoms with Gasteiger partial charge in [0, 0.05) is 12.6 Å². The van der Waals surface area contributed by atoms with Crippen LogP contribution >= 0.6 is 15.9 Å². The van der Waals surface area contributed by atoms with Gasteiger partial charge in [-0.15, -0.1) is 0 Å². The molecule has 90 valence electrons. The van der Waals surface area contributed by atoms with E-state index in [1.807, 2.05) is 6.07 Å². The summed E-state index contributed by atoms with van der Waals surface area (Å²) in [6.45, 7) is 7.27. The molecule has 1 aromatic rings. The van der Waals surface area contributed by atoms with Crippen molar-refractivity contribution in [1.82, 2.24) is 5.32 Å². The van der Waals surface area contributed by atoms with E-state index in [-0.39, 0.29) is 5.82 Å². The molecule has 1 unspecified atom stereocenters. The van der Waals surface area contributed by atoms with Gasteiger partial charge in [0.05, 0.1) is 4.47 Å². The molecule has 0 heterocycles. The monoisotopic (exact) mass is 287 g/mol. The summed E-state index contributed by atoms with van der Waals surface area (Å²) in [5.41, 5.74) is 0.968. The summed E-state index contributed by atoms with van der Waals surface area (Å²) in [5, 5.41) is 3.40. The van der Waals surface area contributed by atoms with E-state index < -0.39 is 0 Å². The third-order valence-electron chi connectivity index (χ3n) is 2.50. The van der Waals surface area contributed by atoms with Crippen LogP contribution in [0, 0.1) is 11.7 Å². The van der Waals surface area contributed by atoms with Crippen LogP contribution in [0.4, 0.5) is 4.39 Å². The highest BCUT2D eigenvalue weighted by Gasteiger charge is 2.07. The molecule has 0 aliphatic heterocycles. The van der Waals surface area contributed by atoms with Gasteiger partial charge in [0.1, 0.15) is 5.82 Å². The SMILES string of the molecule is CC(C)CC(C)NCc1cccc(F)c1Br. The van der Waals surface area contributed by atoms with Crippen LogP contribution in [0.15, 0.2) is 22.7 Å². The molecule has 3 heteroatoms. The molecular weight excluding hydrogens is 269 g/mol. The molecule has 16 heavy (non-hydrogen) atoms. The van der Waals surface area contributed by atoms with Gasteiger partial charge in [-0.2, -0.15) is 0 Å². The first kappa shape index (κ1) is 13.7. The molecule has 1 rings (SSSR count).